The Kier molecular flexibility index (Phi) is 6.22. The van der Waals surface area contributed by atoms with Gasteiger partial charge in [0.1, 0.15) is 17.1 Å². The highest BCUT2D eigenvalue weighted by atomic mass is 16.5. The number of hydrogen-bond acceptors (Lipinski definition) is 6. The van der Waals surface area contributed by atoms with Crippen molar-refractivity contribution in [3.8, 4) is 17.2 Å². The van der Waals surface area contributed by atoms with Crippen molar-refractivity contribution in [1.29, 1.82) is 0 Å². The lowest BCUT2D eigenvalue weighted by Gasteiger charge is -2.12. The molecule has 0 spiro atoms. The van der Waals surface area contributed by atoms with E-state index in [0.29, 0.717) is 29.6 Å². The Morgan fingerprint density at radius 3 is 2.62 bits per heavy atom. The van der Waals surface area contributed by atoms with E-state index in [1.807, 2.05) is 13.8 Å². The third kappa shape index (κ3) is 4.75. The number of ketones is 1. The van der Waals surface area contributed by atoms with Gasteiger partial charge < -0.3 is 19.0 Å². The SMILES string of the molecule is COc1cc(/C=C/C(=O)c2c(O)cc(C)oc2=O)ccc1OCC(C)C. The van der Waals surface area contributed by atoms with E-state index >= 15 is 0 Å². The summed E-state index contributed by atoms with van der Waals surface area (Å²) in [6, 6.07) is 6.46. The monoisotopic (exact) mass is 358 g/mol. The van der Waals surface area contributed by atoms with Gasteiger partial charge in [-0.05, 0) is 36.6 Å². The second-order valence-corrected chi connectivity index (χ2v) is 6.22. The number of hydrogen-bond donors (Lipinski definition) is 1. The topological polar surface area (TPSA) is 86.0 Å². The first-order valence-electron chi connectivity index (χ1n) is 8.18. The average Bonchev–Trinajstić information content (AvgIpc) is 2.57. The maximum absolute atomic E-state index is 12.2. The minimum atomic E-state index is -0.868. The molecule has 1 heterocycles. The van der Waals surface area contributed by atoms with Gasteiger partial charge in [-0.1, -0.05) is 26.0 Å². The van der Waals surface area contributed by atoms with Crippen LogP contribution in [-0.2, 0) is 0 Å². The number of methoxy groups -OCH3 is 1. The molecule has 1 aromatic heterocycles. The zero-order chi connectivity index (χ0) is 19.3. The zero-order valence-electron chi connectivity index (χ0n) is 15.2. The van der Waals surface area contributed by atoms with Gasteiger partial charge in [-0.25, -0.2) is 4.79 Å². The van der Waals surface area contributed by atoms with Crippen LogP contribution in [0.5, 0.6) is 17.2 Å². The molecule has 2 rings (SSSR count). The molecule has 0 unspecified atom stereocenters. The number of allylic oxidation sites excluding steroid dienone is 1. The fourth-order valence-electron chi connectivity index (χ4n) is 2.24. The Bertz CT molecular complexity index is 876. The molecular formula is C20H22O6. The minimum absolute atomic E-state index is 0.231. The van der Waals surface area contributed by atoms with Crippen molar-refractivity contribution in [2.75, 3.05) is 13.7 Å². The summed E-state index contributed by atoms with van der Waals surface area (Å²) < 4.78 is 15.8. The van der Waals surface area contributed by atoms with Crippen molar-refractivity contribution in [2.24, 2.45) is 5.92 Å². The molecule has 138 valence electrons. The van der Waals surface area contributed by atoms with Gasteiger partial charge in [-0.3, -0.25) is 4.79 Å². The predicted octanol–water partition coefficient (Wildman–Crippen LogP) is 3.59. The van der Waals surface area contributed by atoms with Crippen LogP contribution in [0.4, 0.5) is 0 Å². The van der Waals surface area contributed by atoms with Crippen molar-refractivity contribution in [3.05, 3.63) is 57.6 Å². The van der Waals surface area contributed by atoms with Crippen LogP contribution in [0, 0.1) is 12.8 Å². The summed E-state index contributed by atoms with van der Waals surface area (Å²) in [5.41, 5.74) is -0.578. The first kappa shape index (κ1) is 19.3. The van der Waals surface area contributed by atoms with Crippen LogP contribution in [0.15, 0.2) is 39.6 Å². The van der Waals surface area contributed by atoms with E-state index in [0.717, 1.165) is 0 Å². The normalized spacial score (nSPS) is 11.1. The van der Waals surface area contributed by atoms with Crippen molar-refractivity contribution >= 4 is 11.9 Å². The Morgan fingerprint density at radius 2 is 2.00 bits per heavy atom. The van der Waals surface area contributed by atoms with Gasteiger partial charge in [0, 0.05) is 6.07 Å². The molecule has 0 atom stereocenters. The molecule has 0 fully saturated rings. The van der Waals surface area contributed by atoms with Crippen LogP contribution in [0.1, 0.15) is 35.5 Å². The van der Waals surface area contributed by atoms with Crippen molar-refractivity contribution < 1.29 is 23.8 Å². The largest absolute Gasteiger partial charge is 0.507 e. The van der Waals surface area contributed by atoms with E-state index in [4.69, 9.17) is 13.9 Å². The van der Waals surface area contributed by atoms with Gasteiger partial charge in [0.2, 0.25) is 0 Å². The first-order valence-corrected chi connectivity index (χ1v) is 8.18. The first-order chi connectivity index (χ1) is 12.3. The average molecular weight is 358 g/mol. The van der Waals surface area contributed by atoms with E-state index in [-0.39, 0.29) is 5.76 Å². The third-order valence-electron chi connectivity index (χ3n) is 3.49. The fraction of sp³-hybridized carbons (Fsp3) is 0.300. The molecule has 0 aliphatic carbocycles. The second-order valence-electron chi connectivity index (χ2n) is 6.22. The molecule has 0 aliphatic rings. The van der Waals surface area contributed by atoms with E-state index in [1.165, 1.54) is 32.3 Å². The number of ether oxygens (including phenoxy) is 2. The van der Waals surface area contributed by atoms with Gasteiger partial charge in [0.15, 0.2) is 17.3 Å². The van der Waals surface area contributed by atoms with Crippen LogP contribution < -0.4 is 15.1 Å². The highest BCUT2D eigenvalue weighted by Gasteiger charge is 2.16. The summed E-state index contributed by atoms with van der Waals surface area (Å²) in [5.74, 6) is 0.721. The highest BCUT2D eigenvalue weighted by molar-refractivity contribution is 6.08. The highest BCUT2D eigenvalue weighted by Crippen LogP contribution is 2.29. The van der Waals surface area contributed by atoms with Crippen LogP contribution in [0.2, 0.25) is 0 Å². The lowest BCUT2D eigenvalue weighted by molar-refractivity contribution is 0.104. The number of rotatable bonds is 7. The predicted molar refractivity (Wildman–Crippen MR) is 98.1 cm³/mol. The van der Waals surface area contributed by atoms with Gasteiger partial charge in [-0.15, -0.1) is 0 Å². The Morgan fingerprint density at radius 1 is 1.27 bits per heavy atom. The summed E-state index contributed by atoms with van der Waals surface area (Å²) >= 11 is 0. The summed E-state index contributed by atoms with van der Waals surface area (Å²) in [4.78, 5) is 24.0. The molecule has 2 aromatic rings. The quantitative estimate of drug-likeness (QED) is 0.601. The Labute approximate surface area is 151 Å². The van der Waals surface area contributed by atoms with Gasteiger partial charge in [-0.2, -0.15) is 0 Å². The molecule has 0 amide bonds. The standard InChI is InChI=1S/C20H22O6/c1-12(2)11-25-17-8-6-14(10-18(17)24-4)5-7-15(21)19-16(22)9-13(3)26-20(19)23/h5-10,12,22H,11H2,1-4H3/b7-5+. The lowest BCUT2D eigenvalue weighted by Crippen LogP contribution is -2.12. The van der Waals surface area contributed by atoms with Gasteiger partial charge in [0.05, 0.1) is 13.7 Å². The number of benzene rings is 1. The molecule has 0 radical (unpaired) electrons. The van der Waals surface area contributed by atoms with Crippen LogP contribution >= 0.6 is 0 Å². The third-order valence-corrected chi connectivity index (χ3v) is 3.49. The van der Waals surface area contributed by atoms with Crippen molar-refractivity contribution in [1.82, 2.24) is 0 Å². The summed E-state index contributed by atoms with van der Waals surface area (Å²) in [5, 5.41) is 9.81. The summed E-state index contributed by atoms with van der Waals surface area (Å²) in [7, 11) is 1.53. The van der Waals surface area contributed by atoms with Gasteiger partial charge in [0.25, 0.3) is 0 Å². The molecular weight excluding hydrogens is 336 g/mol. The van der Waals surface area contributed by atoms with E-state index in [9.17, 15) is 14.7 Å². The number of carbonyl (C=O) groups excluding carboxylic acids is 1. The summed E-state index contributed by atoms with van der Waals surface area (Å²) in [6.45, 7) is 6.17. The van der Waals surface area contributed by atoms with E-state index in [1.54, 1.807) is 18.2 Å². The van der Waals surface area contributed by atoms with E-state index in [2.05, 4.69) is 0 Å². The molecule has 0 aliphatic heterocycles. The molecule has 0 saturated carbocycles. The Hall–Kier alpha value is -3.02. The minimum Gasteiger partial charge on any atom is -0.507 e. The fourth-order valence-corrected chi connectivity index (χ4v) is 2.24. The van der Waals surface area contributed by atoms with Crippen LogP contribution in [0.3, 0.4) is 0 Å². The molecule has 0 bridgehead atoms. The lowest BCUT2D eigenvalue weighted by atomic mass is 10.1. The van der Waals surface area contributed by atoms with Gasteiger partial charge >= 0.3 is 5.63 Å². The smallest absolute Gasteiger partial charge is 0.351 e. The maximum atomic E-state index is 12.2. The molecule has 26 heavy (non-hydrogen) atoms. The number of aryl methyl sites for hydroxylation is 1. The maximum Gasteiger partial charge on any atom is 0.351 e. The molecule has 1 aromatic carbocycles. The molecule has 6 nitrogen and oxygen atoms in total. The van der Waals surface area contributed by atoms with Crippen LogP contribution in [-0.4, -0.2) is 24.6 Å². The number of aromatic hydroxyl groups is 1. The second kappa shape index (κ2) is 8.38. The van der Waals surface area contributed by atoms with E-state index < -0.39 is 22.7 Å². The molecule has 0 saturated heterocycles. The molecule has 1 N–H and O–H groups in total. The van der Waals surface area contributed by atoms with Crippen molar-refractivity contribution in [3.63, 3.8) is 0 Å². The molecule has 6 heteroatoms. The van der Waals surface area contributed by atoms with Crippen LogP contribution in [0.25, 0.3) is 6.08 Å². The number of carbonyl (C=O) groups is 1. The summed E-state index contributed by atoms with van der Waals surface area (Å²) in [6.07, 6.45) is 2.72. The van der Waals surface area contributed by atoms with Crippen molar-refractivity contribution in [2.45, 2.75) is 20.8 Å². The Balaban J connectivity index is 2.22. The zero-order valence-corrected chi connectivity index (χ0v) is 15.2.